The molecule has 0 bridgehead atoms. The van der Waals surface area contributed by atoms with Gasteiger partial charge in [0.25, 0.3) is 0 Å². The number of halogens is 1. The van der Waals surface area contributed by atoms with Gasteiger partial charge in [0.2, 0.25) is 5.95 Å². The summed E-state index contributed by atoms with van der Waals surface area (Å²) in [5, 5.41) is 10.2. The van der Waals surface area contributed by atoms with Crippen molar-refractivity contribution in [1.29, 1.82) is 5.26 Å². The number of anilines is 1. The molecule has 0 unspecified atom stereocenters. The van der Waals surface area contributed by atoms with Crippen molar-refractivity contribution in [3.05, 3.63) is 35.2 Å². The van der Waals surface area contributed by atoms with Gasteiger partial charge in [0.05, 0.1) is 33.9 Å². The summed E-state index contributed by atoms with van der Waals surface area (Å²) < 4.78 is 7.80. The number of carbonyl (C=O) groups excluding carboxylic acids is 1. The van der Waals surface area contributed by atoms with Crippen LogP contribution in [0.3, 0.4) is 0 Å². The number of ether oxygens (including phenoxy) is 1. The second-order valence-electron chi connectivity index (χ2n) is 9.82. The van der Waals surface area contributed by atoms with Gasteiger partial charge >= 0.3 is 0 Å². The third-order valence-corrected chi connectivity index (χ3v) is 7.63. The Bertz CT molecular complexity index is 1280. The van der Waals surface area contributed by atoms with Crippen molar-refractivity contribution in [3.63, 3.8) is 0 Å². The number of fused-ring (bicyclic) bond motifs is 1. The molecule has 35 heavy (non-hydrogen) atoms. The van der Waals surface area contributed by atoms with Gasteiger partial charge in [-0.05, 0) is 30.7 Å². The molecule has 2 fully saturated rings. The molecule has 3 aromatic heterocycles. The third kappa shape index (κ3) is 4.63. The van der Waals surface area contributed by atoms with Crippen molar-refractivity contribution in [3.8, 4) is 17.3 Å². The molecule has 0 amide bonds. The largest absolute Gasteiger partial charge is 0.380 e. The Labute approximate surface area is 209 Å². The number of methoxy groups -OCH3 is 1. The average molecular weight is 493 g/mol. The molecule has 4 heterocycles. The van der Waals surface area contributed by atoms with E-state index in [1.165, 1.54) is 12.8 Å². The van der Waals surface area contributed by atoms with Crippen LogP contribution >= 0.6 is 11.6 Å². The van der Waals surface area contributed by atoms with Crippen molar-refractivity contribution in [1.82, 2.24) is 19.5 Å². The maximum Gasteiger partial charge on any atom is 0.207 e. The number of aldehydes is 1. The topological polar surface area (TPSA) is 96.9 Å². The van der Waals surface area contributed by atoms with E-state index in [-0.39, 0.29) is 17.8 Å². The van der Waals surface area contributed by atoms with Crippen LogP contribution in [0.25, 0.3) is 22.3 Å². The summed E-state index contributed by atoms with van der Waals surface area (Å²) in [4.78, 5) is 28.0. The van der Waals surface area contributed by atoms with Crippen LogP contribution in [-0.2, 0) is 16.1 Å². The summed E-state index contributed by atoms with van der Waals surface area (Å²) in [5.74, 6) is 1.97. The lowest BCUT2D eigenvalue weighted by Crippen LogP contribution is -2.34. The molecule has 9 heteroatoms. The van der Waals surface area contributed by atoms with Crippen LogP contribution in [0.4, 0.5) is 5.95 Å². The molecule has 1 aliphatic heterocycles. The Morgan fingerprint density at radius 3 is 2.71 bits per heavy atom. The number of imidazole rings is 1. The van der Waals surface area contributed by atoms with E-state index < -0.39 is 0 Å². The lowest BCUT2D eigenvalue weighted by molar-refractivity contribution is -0.109. The first-order valence-corrected chi connectivity index (χ1v) is 12.6. The molecule has 8 nitrogen and oxygen atoms in total. The lowest BCUT2D eigenvalue weighted by Gasteiger charge is -2.29. The first-order valence-electron chi connectivity index (χ1n) is 12.2. The van der Waals surface area contributed by atoms with E-state index >= 15 is 0 Å². The fourth-order valence-corrected chi connectivity index (χ4v) is 5.64. The highest BCUT2D eigenvalue weighted by molar-refractivity contribution is 6.30. The summed E-state index contributed by atoms with van der Waals surface area (Å²) in [5.41, 5.74) is 3.15. The Morgan fingerprint density at radius 2 is 2.03 bits per heavy atom. The highest BCUT2D eigenvalue weighted by Gasteiger charge is 2.36. The van der Waals surface area contributed by atoms with Gasteiger partial charge in [-0.25, -0.2) is 9.97 Å². The van der Waals surface area contributed by atoms with Crippen molar-refractivity contribution in [2.24, 2.45) is 11.8 Å². The minimum Gasteiger partial charge on any atom is -0.380 e. The minimum atomic E-state index is -0.318. The van der Waals surface area contributed by atoms with E-state index in [2.05, 4.69) is 27.5 Å². The first-order chi connectivity index (χ1) is 17.0. The molecule has 0 aromatic carbocycles. The van der Waals surface area contributed by atoms with E-state index in [4.69, 9.17) is 21.3 Å². The van der Waals surface area contributed by atoms with Gasteiger partial charge in [-0.15, -0.1) is 0 Å². The van der Waals surface area contributed by atoms with Gasteiger partial charge < -0.3 is 19.0 Å². The molecule has 5 rings (SSSR count). The van der Waals surface area contributed by atoms with Gasteiger partial charge in [0.15, 0.2) is 0 Å². The van der Waals surface area contributed by atoms with Gasteiger partial charge in [-0.1, -0.05) is 31.4 Å². The normalized spacial score (nSPS) is 24.6. The van der Waals surface area contributed by atoms with Crippen LogP contribution in [0, 0.1) is 23.2 Å². The van der Waals surface area contributed by atoms with Crippen LogP contribution in [0.1, 0.15) is 44.7 Å². The number of carbonyl (C=O) groups is 1. The summed E-state index contributed by atoms with van der Waals surface area (Å²) in [6.07, 6.45) is 9.56. The van der Waals surface area contributed by atoms with Gasteiger partial charge in [0, 0.05) is 50.6 Å². The number of nitrogens with zero attached hydrogens (tertiary/aromatic N) is 6. The summed E-state index contributed by atoms with van der Waals surface area (Å²) in [6.45, 7) is 3.67. The third-order valence-electron chi connectivity index (χ3n) is 7.43. The highest BCUT2D eigenvalue weighted by Crippen LogP contribution is 2.37. The quantitative estimate of drug-likeness (QED) is 0.462. The van der Waals surface area contributed by atoms with Crippen LogP contribution in [0.15, 0.2) is 24.5 Å². The minimum absolute atomic E-state index is 0.0432. The Morgan fingerprint density at radius 1 is 1.23 bits per heavy atom. The van der Waals surface area contributed by atoms with Crippen molar-refractivity contribution >= 4 is 34.9 Å². The van der Waals surface area contributed by atoms with Crippen molar-refractivity contribution in [2.75, 3.05) is 18.6 Å². The molecule has 3 aromatic rings. The lowest BCUT2D eigenvalue weighted by atomic mass is 9.83. The molecule has 1 saturated heterocycles. The van der Waals surface area contributed by atoms with Crippen LogP contribution in [-0.4, -0.2) is 51.6 Å². The zero-order valence-electron chi connectivity index (χ0n) is 20.0. The van der Waals surface area contributed by atoms with Crippen molar-refractivity contribution < 1.29 is 9.53 Å². The van der Waals surface area contributed by atoms with E-state index in [0.29, 0.717) is 35.1 Å². The molecule has 2 aliphatic rings. The molecule has 182 valence electrons. The predicted molar refractivity (Wildman–Crippen MR) is 134 cm³/mol. The molecule has 0 spiro atoms. The molecule has 1 saturated carbocycles. The van der Waals surface area contributed by atoms with E-state index in [9.17, 15) is 10.1 Å². The summed E-state index contributed by atoms with van der Waals surface area (Å²) >= 11 is 6.27. The molecule has 1 aliphatic carbocycles. The van der Waals surface area contributed by atoms with E-state index in [1.54, 1.807) is 25.6 Å². The maximum absolute atomic E-state index is 12.0. The van der Waals surface area contributed by atoms with Gasteiger partial charge in [0.1, 0.15) is 18.0 Å². The zero-order chi connectivity index (χ0) is 24.5. The molecular formula is C26H29ClN6O2. The molecule has 0 radical (unpaired) electrons. The predicted octanol–water partition coefficient (Wildman–Crippen LogP) is 4.64. The second kappa shape index (κ2) is 9.92. The Balaban J connectivity index is 1.70. The fraction of sp³-hybridized carbons (Fsp3) is 0.500. The number of rotatable bonds is 6. The Hall–Kier alpha value is -3.02. The fourth-order valence-electron chi connectivity index (χ4n) is 5.46. The van der Waals surface area contributed by atoms with Crippen LogP contribution in [0.2, 0.25) is 5.02 Å². The molecular weight excluding hydrogens is 464 g/mol. The van der Waals surface area contributed by atoms with Crippen molar-refractivity contribution in [2.45, 2.75) is 57.7 Å². The summed E-state index contributed by atoms with van der Waals surface area (Å²) in [6, 6.07) is 5.37. The zero-order valence-corrected chi connectivity index (χ0v) is 20.8. The van der Waals surface area contributed by atoms with Crippen LogP contribution in [0.5, 0.6) is 0 Å². The number of nitriles is 1. The number of hydrogen-bond acceptors (Lipinski definition) is 7. The average Bonchev–Trinajstić information content (AvgIpc) is 3.45. The molecule has 0 N–H and O–H groups in total. The monoisotopic (exact) mass is 492 g/mol. The number of hydrogen-bond donors (Lipinski definition) is 0. The van der Waals surface area contributed by atoms with Crippen LogP contribution < -0.4 is 4.90 Å². The standard InChI is InChI=1S/C26H29ClN6O2/c1-16-3-5-17(6-4-16)13-33-25-23(31-26(33)32-14-22(35-2)9-21(32)15-34)8-20(10-28)30-24(25)18-7-19(27)12-29-11-18/h7-8,11-12,15-17,21-22H,3-6,9,13-14H2,1-2H3/t16-,17-,21-,22+/m0/s1. The smallest absolute Gasteiger partial charge is 0.207 e. The molecule has 2 atom stereocenters. The highest BCUT2D eigenvalue weighted by atomic mass is 35.5. The van der Waals surface area contributed by atoms with Gasteiger partial charge in [-0.2, -0.15) is 5.26 Å². The maximum atomic E-state index is 12.0. The number of pyridine rings is 2. The Kier molecular flexibility index (Phi) is 6.72. The SMILES string of the molecule is CO[C@@H]1C[C@@H](C=O)N(c2nc3cc(C#N)nc(-c4cncc(Cl)c4)c3n2C[C@H]2CC[C@H](C)CC2)C1. The number of aromatic nitrogens is 4. The second-order valence-corrected chi connectivity index (χ2v) is 10.3. The van der Waals surface area contributed by atoms with E-state index in [0.717, 1.165) is 48.6 Å². The first kappa shape index (κ1) is 23.7. The van der Waals surface area contributed by atoms with E-state index in [1.807, 2.05) is 11.0 Å². The van der Waals surface area contributed by atoms with Gasteiger partial charge in [-0.3, -0.25) is 4.98 Å². The summed E-state index contributed by atoms with van der Waals surface area (Å²) in [7, 11) is 1.68.